The van der Waals surface area contributed by atoms with E-state index in [4.69, 9.17) is 11.6 Å². The molecule has 2 unspecified atom stereocenters. The number of carbonyl (C=O) groups excluding carboxylic acids is 2. The second-order valence-corrected chi connectivity index (χ2v) is 11.0. The van der Waals surface area contributed by atoms with E-state index >= 15 is 0 Å². The number of amides is 2. The molecule has 0 bridgehead atoms. The lowest BCUT2D eigenvalue weighted by Crippen LogP contribution is -2.47. The zero-order valence-corrected chi connectivity index (χ0v) is 19.1. The third-order valence-corrected chi connectivity index (χ3v) is 7.38. The van der Waals surface area contributed by atoms with Crippen LogP contribution in [0.25, 0.3) is 0 Å². The first-order valence-corrected chi connectivity index (χ1v) is 12.3. The number of halogens is 1. The predicted octanol–water partition coefficient (Wildman–Crippen LogP) is 4.14. The molecule has 0 aromatic heterocycles. The Balaban J connectivity index is 2.16. The number of anilines is 1. The molecule has 2 rings (SSSR count). The van der Waals surface area contributed by atoms with Crippen molar-refractivity contribution in [1.29, 1.82) is 0 Å². The van der Waals surface area contributed by atoms with E-state index in [0.717, 1.165) is 19.3 Å². The molecule has 0 spiro atoms. The molecule has 8 heteroatoms. The summed E-state index contributed by atoms with van der Waals surface area (Å²) in [5.41, 5.74) is 0.687. The third kappa shape index (κ3) is 6.71. The van der Waals surface area contributed by atoms with Crippen LogP contribution in [0.15, 0.2) is 18.2 Å². The van der Waals surface area contributed by atoms with Crippen molar-refractivity contribution < 1.29 is 18.0 Å². The first-order valence-electron chi connectivity index (χ1n) is 10.1. The molecule has 162 valence electrons. The van der Waals surface area contributed by atoms with Crippen molar-refractivity contribution in [3.05, 3.63) is 28.8 Å². The number of sulfone groups is 1. The highest BCUT2D eigenvalue weighted by molar-refractivity contribution is 7.91. The average molecular weight is 443 g/mol. The van der Waals surface area contributed by atoms with E-state index in [1.54, 1.807) is 18.2 Å². The lowest BCUT2D eigenvalue weighted by molar-refractivity contribution is -0.115. The summed E-state index contributed by atoms with van der Waals surface area (Å²) in [7, 11) is -3.29. The molecule has 2 amide bonds. The number of hydrogen-bond donors (Lipinski definition) is 1. The van der Waals surface area contributed by atoms with E-state index in [1.165, 1.54) is 0 Å². The summed E-state index contributed by atoms with van der Waals surface area (Å²) in [5, 5.41) is 3.11. The number of nitrogens with one attached hydrogen (secondary N) is 1. The van der Waals surface area contributed by atoms with Crippen molar-refractivity contribution in [3.8, 4) is 0 Å². The highest BCUT2D eigenvalue weighted by atomic mass is 35.5. The van der Waals surface area contributed by atoms with Gasteiger partial charge in [0.25, 0.3) is 5.91 Å². The second-order valence-electron chi connectivity index (χ2n) is 8.34. The predicted molar refractivity (Wildman–Crippen MR) is 117 cm³/mol. The Morgan fingerprint density at radius 3 is 2.41 bits per heavy atom. The van der Waals surface area contributed by atoms with Gasteiger partial charge in [-0.2, -0.15) is 0 Å². The Labute approximate surface area is 178 Å². The van der Waals surface area contributed by atoms with Crippen LogP contribution in [0.2, 0.25) is 5.02 Å². The number of carbonyl (C=O) groups is 2. The lowest BCUT2D eigenvalue weighted by Gasteiger charge is -2.39. The van der Waals surface area contributed by atoms with Gasteiger partial charge in [0, 0.05) is 23.5 Å². The van der Waals surface area contributed by atoms with Gasteiger partial charge in [-0.15, -0.1) is 0 Å². The Morgan fingerprint density at radius 1 is 1.21 bits per heavy atom. The van der Waals surface area contributed by atoms with E-state index < -0.39 is 15.7 Å². The normalized spacial score (nSPS) is 20.0. The number of hydrogen-bond acceptors (Lipinski definition) is 4. The van der Waals surface area contributed by atoms with Crippen LogP contribution in [-0.4, -0.2) is 48.7 Å². The topological polar surface area (TPSA) is 83.5 Å². The Morgan fingerprint density at radius 2 is 1.83 bits per heavy atom. The Bertz CT molecular complexity index is 844. The van der Waals surface area contributed by atoms with E-state index in [0.29, 0.717) is 16.3 Å². The maximum absolute atomic E-state index is 13.2. The maximum Gasteiger partial charge on any atom is 0.256 e. The van der Waals surface area contributed by atoms with Gasteiger partial charge in [0.2, 0.25) is 5.91 Å². The van der Waals surface area contributed by atoms with Crippen molar-refractivity contribution >= 4 is 38.9 Å². The van der Waals surface area contributed by atoms with Crippen LogP contribution < -0.4 is 5.32 Å². The summed E-state index contributed by atoms with van der Waals surface area (Å²) in [6.45, 7) is 7.70. The summed E-state index contributed by atoms with van der Waals surface area (Å²) in [6.07, 6.45) is 2.80. The summed E-state index contributed by atoms with van der Waals surface area (Å²) >= 11 is 6.12. The quantitative estimate of drug-likeness (QED) is 0.687. The van der Waals surface area contributed by atoms with E-state index in [-0.39, 0.29) is 41.8 Å². The van der Waals surface area contributed by atoms with Crippen LogP contribution in [0, 0.1) is 5.92 Å². The van der Waals surface area contributed by atoms with Crippen LogP contribution in [0.3, 0.4) is 0 Å². The molecular weight excluding hydrogens is 412 g/mol. The minimum atomic E-state index is -3.29. The van der Waals surface area contributed by atoms with Crippen molar-refractivity contribution in [2.45, 2.75) is 65.5 Å². The van der Waals surface area contributed by atoms with E-state index in [1.807, 2.05) is 32.6 Å². The molecule has 0 radical (unpaired) electrons. The van der Waals surface area contributed by atoms with Gasteiger partial charge < -0.3 is 10.2 Å². The molecule has 6 nitrogen and oxygen atoms in total. The molecular formula is C21H31ClN2O4S. The smallest absolute Gasteiger partial charge is 0.256 e. The Hall–Kier alpha value is -1.60. The summed E-state index contributed by atoms with van der Waals surface area (Å²) in [6, 6.07) is 4.97. The van der Waals surface area contributed by atoms with Gasteiger partial charge in [-0.25, -0.2) is 8.42 Å². The van der Waals surface area contributed by atoms with Gasteiger partial charge in [0.15, 0.2) is 9.84 Å². The molecule has 1 N–H and O–H groups in total. The lowest BCUT2D eigenvalue weighted by atomic mass is 9.96. The van der Waals surface area contributed by atoms with Crippen molar-refractivity contribution in [2.24, 2.45) is 5.92 Å². The van der Waals surface area contributed by atoms with Crippen LogP contribution in [0.1, 0.15) is 63.7 Å². The molecule has 29 heavy (non-hydrogen) atoms. The molecule has 1 aliphatic heterocycles. The molecule has 1 aromatic rings. The molecule has 0 saturated carbocycles. The fourth-order valence-electron chi connectivity index (χ4n) is 3.82. The molecule has 1 saturated heterocycles. The second kappa shape index (κ2) is 9.94. The zero-order valence-electron chi connectivity index (χ0n) is 17.6. The van der Waals surface area contributed by atoms with Gasteiger partial charge in [-0.05, 0) is 57.2 Å². The monoisotopic (exact) mass is 442 g/mol. The minimum Gasteiger partial charge on any atom is -0.333 e. The van der Waals surface area contributed by atoms with Crippen molar-refractivity contribution in [3.63, 3.8) is 0 Å². The minimum absolute atomic E-state index is 0.0112. The number of piperidine rings is 1. The van der Waals surface area contributed by atoms with Crippen molar-refractivity contribution in [2.75, 3.05) is 16.8 Å². The van der Waals surface area contributed by atoms with Gasteiger partial charge >= 0.3 is 0 Å². The van der Waals surface area contributed by atoms with E-state index in [9.17, 15) is 18.0 Å². The fraction of sp³-hybridized carbons (Fsp3) is 0.619. The van der Waals surface area contributed by atoms with Gasteiger partial charge in [-0.1, -0.05) is 25.4 Å². The molecule has 0 aliphatic carbocycles. The Kier molecular flexibility index (Phi) is 8.11. The number of nitrogens with zero attached hydrogens (tertiary/aromatic N) is 1. The fourth-order valence-corrected chi connectivity index (χ4v) is 5.67. The van der Waals surface area contributed by atoms with Crippen molar-refractivity contribution in [1.82, 2.24) is 4.90 Å². The number of rotatable bonds is 7. The SMILES string of the molecule is CC(C)CS(=O)(=O)CCC(=O)Nc1ccc(Cl)cc1C(=O)N1C(C)CCCC1C. The highest BCUT2D eigenvalue weighted by Gasteiger charge is 2.31. The summed E-state index contributed by atoms with van der Waals surface area (Å²) < 4.78 is 24.1. The maximum atomic E-state index is 13.2. The molecule has 1 heterocycles. The molecule has 1 fully saturated rings. The number of benzene rings is 1. The van der Waals surface area contributed by atoms with Crippen LogP contribution in [-0.2, 0) is 14.6 Å². The first kappa shape index (κ1) is 23.7. The molecule has 1 aromatic carbocycles. The molecule has 2 atom stereocenters. The van der Waals surface area contributed by atoms with Crippen LogP contribution in [0.4, 0.5) is 5.69 Å². The van der Waals surface area contributed by atoms with Gasteiger partial charge in [-0.3, -0.25) is 9.59 Å². The number of likely N-dealkylation sites (tertiary alicyclic amines) is 1. The van der Waals surface area contributed by atoms with Gasteiger partial charge in [0.05, 0.1) is 22.8 Å². The summed E-state index contributed by atoms with van der Waals surface area (Å²) in [5.74, 6) is -0.760. The first-order chi connectivity index (χ1) is 13.5. The van der Waals surface area contributed by atoms with E-state index in [2.05, 4.69) is 5.32 Å². The van der Waals surface area contributed by atoms with Crippen LogP contribution >= 0.6 is 11.6 Å². The third-order valence-electron chi connectivity index (χ3n) is 5.14. The standard InChI is InChI=1S/C21H31ClN2O4S/c1-14(2)13-29(27,28)11-10-20(25)23-19-9-8-17(22)12-18(19)21(26)24-15(3)6-5-7-16(24)4/h8-9,12,14-16H,5-7,10-11,13H2,1-4H3,(H,23,25). The zero-order chi connectivity index (χ0) is 21.8. The molecule has 1 aliphatic rings. The largest absolute Gasteiger partial charge is 0.333 e. The average Bonchev–Trinajstić information content (AvgIpc) is 2.60. The van der Waals surface area contributed by atoms with Gasteiger partial charge in [0.1, 0.15) is 0 Å². The van der Waals surface area contributed by atoms with Crippen LogP contribution in [0.5, 0.6) is 0 Å². The summed E-state index contributed by atoms with van der Waals surface area (Å²) in [4.78, 5) is 27.5. The highest BCUT2D eigenvalue weighted by Crippen LogP contribution is 2.29.